The molecule has 0 spiro atoms. The molecular formula is C41H26O2S2. The number of thiophene rings is 1. The maximum absolute atomic E-state index is 11.0. The highest BCUT2D eigenvalue weighted by Crippen LogP contribution is 2.53. The van der Waals surface area contributed by atoms with E-state index in [4.69, 9.17) is 0 Å². The lowest BCUT2D eigenvalue weighted by Gasteiger charge is -2.30. The van der Waals surface area contributed by atoms with Gasteiger partial charge in [0, 0.05) is 26.3 Å². The maximum Gasteiger partial charge on any atom is 0.123 e. The van der Waals surface area contributed by atoms with Crippen LogP contribution in [0.5, 0.6) is 11.5 Å². The van der Waals surface area contributed by atoms with Gasteiger partial charge in [0.15, 0.2) is 0 Å². The molecule has 0 bridgehead atoms. The van der Waals surface area contributed by atoms with Crippen LogP contribution in [0, 0.1) is 0 Å². The maximum atomic E-state index is 11.0. The van der Waals surface area contributed by atoms with Crippen molar-refractivity contribution in [2.24, 2.45) is 0 Å². The molecule has 4 heteroatoms. The van der Waals surface area contributed by atoms with Gasteiger partial charge >= 0.3 is 0 Å². The minimum Gasteiger partial charge on any atom is -0.507 e. The zero-order valence-corrected chi connectivity index (χ0v) is 25.7. The molecule has 1 aliphatic heterocycles. The number of aromatic hydroxyl groups is 2. The lowest BCUT2D eigenvalue weighted by atomic mass is 9.85. The van der Waals surface area contributed by atoms with E-state index < -0.39 is 4.75 Å². The third kappa shape index (κ3) is 4.03. The Morgan fingerprint density at radius 3 is 1.80 bits per heavy atom. The topological polar surface area (TPSA) is 40.5 Å². The van der Waals surface area contributed by atoms with Gasteiger partial charge in [-0.3, -0.25) is 0 Å². The SMILES string of the molecule is Oc1ccc(C2(c3ccc(O)c(-c4ccccc4)c3)C=c3c(ccc4c3=Cc3c-4ccc4ccsc34)S2)cc1-c1ccccc1. The molecule has 6 aromatic carbocycles. The third-order valence-electron chi connectivity index (χ3n) is 9.13. The molecule has 0 saturated heterocycles. The molecule has 45 heavy (non-hydrogen) atoms. The summed E-state index contributed by atoms with van der Waals surface area (Å²) < 4.78 is 0.721. The molecule has 2 aliphatic rings. The fourth-order valence-corrected chi connectivity index (χ4v) is 9.26. The van der Waals surface area contributed by atoms with Gasteiger partial charge in [-0.25, -0.2) is 0 Å². The van der Waals surface area contributed by atoms with Crippen molar-refractivity contribution >= 4 is 45.3 Å². The van der Waals surface area contributed by atoms with Gasteiger partial charge in [-0.2, -0.15) is 0 Å². The highest BCUT2D eigenvalue weighted by atomic mass is 32.2. The van der Waals surface area contributed by atoms with E-state index in [1.807, 2.05) is 96.7 Å². The Morgan fingerprint density at radius 1 is 0.533 bits per heavy atom. The van der Waals surface area contributed by atoms with Crippen molar-refractivity contribution in [3.63, 3.8) is 0 Å². The number of hydrogen-bond acceptors (Lipinski definition) is 4. The Hall–Kier alpha value is -5.03. The zero-order valence-electron chi connectivity index (χ0n) is 24.1. The summed E-state index contributed by atoms with van der Waals surface area (Å²) in [6, 6.07) is 43.3. The van der Waals surface area contributed by atoms with Gasteiger partial charge in [-0.05, 0) is 97.1 Å². The molecule has 214 valence electrons. The van der Waals surface area contributed by atoms with Crippen LogP contribution in [0.1, 0.15) is 16.7 Å². The first-order valence-corrected chi connectivity index (χ1v) is 16.6. The summed E-state index contributed by atoms with van der Waals surface area (Å²) in [4.78, 5) is 1.21. The first kappa shape index (κ1) is 26.4. The molecule has 7 aromatic rings. The van der Waals surface area contributed by atoms with E-state index in [1.54, 1.807) is 11.3 Å². The molecule has 0 saturated carbocycles. The van der Waals surface area contributed by atoms with Crippen molar-refractivity contribution < 1.29 is 10.2 Å². The van der Waals surface area contributed by atoms with Crippen LogP contribution in [0.15, 0.2) is 138 Å². The summed E-state index contributed by atoms with van der Waals surface area (Å²) in [6.07, 6.45) is 4.77. The van der Waals surface area contributed by atoms with Crippen molar-refractivity contribution in [2.75, 3.05) is 0 Å². The van der Waals surface area contributed by atoms with Gasteiger partial charge in [0.05, 0.1) is 4.75 Å². The Balaban J connectivity index is 1.32. The van der Waals surface area contributed by atoms with Crippen LogP contribution in [0.25, 0.3) is 55.6 Å². The van der Waals surface area contributed by atoms with Crippen molar-refractivity contribution in [2.45, 2.75) is 9.64 Å². The average Bonchev–Trinajstić information content (AvgIpc) is 3.81. The molecule has 2 nitrogen and oxygen atoms in total. The molecule has 9 rings (SSSR count). The van der Waals surface area contributed by atoms with Gasteiger partial charge < -0.3 is 10.2 Å². The molecule has 2 N–H and O–H groups in total. The van der Waals surface area contributed by atoms with Crippen LogP contribution in [0.3, 0.4) is 0 Å². The minimum atomic E-state index is -0.604. The highest BCUT2D eigenvalue weighted by molar-refractivity contribution is 8.01. The van der Waals surface area contributed by atoms with E-state index in [1.165, 1.54) is 42.1 Å². The van der Waals surface area contributed by atoms with Gasteiger partial charge in [0.1, 0.15) is 11.5 Å². The van der Waals surface area contributed by atoms with E-state index in [-0.39, 0.29) is 11.5 Å². The second-order valence-corrected chi connectivity index (χ2v) is 13.8. The van der Waals surface area contributed by atoms with Crippen LogP contribution in [0.4, 0.5) is 0 Å². The second-order valence-electron chi connectivity index (χ2n) is 11.6. The summed E-state index contributed by atoms with van der Waals surface area (Å²) in [6.45, 7) is 0. The second kappa shape index (κ2) is 10.00. The van der Waals surface area contributed by atoms with Gasteiger partial charge in [0.25, 0.3) is 0 Å². The highest BCUT2D eigenvalue weighted by Gasteiger charge is 2.39. The van der Waals surface area contributed by atoms with E-state index in [0.717, 1.165) is 33.4 Å². The zero-order chi connectivity index (χ0) is 30.1. The fraction of sp³-hybridized carbons (Fsp3) is 0.0244. The predicted molar refractivity (Wildman–Crippen MR) is 188 cm³/mol. The van der Waals surface area contributed by atoms with E-state index in [9.17, 15) is 10.2 Å². The van der Waals surface area contributed by atoms with Crippen LogP contribution >= 0.6 is 23.1 Å². The fourth-order valence-electron chi connectivity index (χ4n) is 6.91. The Morgan fingerprint density at radius 2 is 1.16 bits per heavy atom. The molecule has 0 unspecified atom stereocenters. The molecule has 2 heterocycles. The number of rotatable bonds is 4. The Kier molecular flexibility index (Phi) is 5.86. The smallest absolute Gasteiger partial charge is 0.123 e. The molecule has 0 amide bonds. The number of phenols is 2. The van der Waals surface area contributed by atoms with Crippen molar-refractivity contribution in [3.05, 3.63) is 160 Å². The standard InChI is InChI=1S/C41H26O2S2/c42-37-16-12-28(21-32(37)25-7-3-1-4-8-25)41(29-13-17-38(43)33(22-29)26-9-5-2-6-10-26)24-36-34-23-35-31(30(34)15-18-39(36)45-41)14-11-27-19-20-44-40(27)35/h1-24,42-43H. The molecular weight excluding hydrogens is 589 g/mol. The van der Waals surface area contributed by atoms with Crippen LogP contribution in [-0.2, 0) is 4.75 Å². The monoisotopic (exact) mass is 614 g/mol. The largest absolute Gasteiger partial charge is 0.507 e. The van der Waals surface area contributed by atoms with Gasteiger partial charge in [-0.15, -0.1) is 23.1 Å². The normalized spacial score (nSPS) is 14.0. The lowest BCUT2D eigenvalue weighted by molar-refractivity contribution is 0.477. The number of benzene rings is 6. The van der Waals surface area contributed by atoms with Crippen LogP contribution < -0.4 is 10.4 Å². The quantitative estimate of drug-likeness (QED) is 0.208. The molecule has 0 fully saturated rings. The van der Waals surface area contributed by atoms with Crippen molar-refractivity contribution in [3.8, 4) is 44.9 Å². The van der Waals surface area contributed by atoms with Gasteiger partial charge in [-0.1, -0.05) is 97.1 Å². The molecule has 0 atom stereocenters. The van der Waals surface area contributed by atoms with E-state index in [2.05, 4.69) is 60.0 Å². The van der Waals surface area contributed by atoms with Crippen LogP contribution in [-0.4, -0.2) is 10.2 Å². The van der Waals surface area contributed by atoms with Crippen LogP contribution in [0.2, 0.25) is 0 Å². The number of thioether (sulfide) groups is 1. The molecule has 1 aromatic heterocycles. The Labute approximate surface area is 268 Å². The molecule has 1 aliphatic carbocycles. The predicted octanol–water partition coefficient (Wildman–Crippen LogP) is 9.29. The summed E-state index contributed by atoms with van der Waals surface area (Å²) in [7, 11) is 0. The summed E-state index contributed by atoms with van der Waals surface area (Å²) in [5, 5.41) is 28.0. The van der Waals surface area contributed by atoms with Crippen molar-refractivity contribution in [1.29, 1.82) is 0 Å². The average molecular weight is 615 g/mol. The first-order chi connectivity index (χ1) is 22.1. The number of phenolic OH excluding ortho intramolecular Hbond substituents is 2. The van der Waals surface area contributed by atoms with Crippen molar-refractivity contribution in [1.82, 2.24) is 0 Å². The lowest BCUT2D eigenvalue weighted by Crippen LogP contribution is -2.26. The number of fused-ring (bicyclic) bond motifs is 7. The van der Waals surface area contributed by atoms with Gasteiger partial charge in [0.2, 0.25) is 0 Å². The summed E-state index contributed by atoms with van der Waals surface area (Å²) in [5.41, 5.74) is 9.50. The molecule has 0 radical (unpaired) electrons. The minimum absolute atomic E-state index is 0.251. The number of hydrogen-bond donors (Lipinski definition) is 2. The third-order valence-corrected chi connectivity index (χ3v) is 11.6. The van der Waals surface area contributed by atoms with E-state index >= 15 is 0 Å². The first-order valence-electron chi connectivity index (χ1n) is 14.9. The van der Waals surface area contributed by atoms with E-state index in [0.29, 0.717) is 0 Å². The summed E-state index contributed by atoms with van der Waals surface area (Å²) in [5.74, 6) is 0.502. The Bertz CT molecular complexity index is 2340. The summed E-state index contributed by atoms with van der Waals surface area (Å²) >= 11 is 3.62.